The van der Waals surface area contributed by atoms with Crippen LogP contribution in [0.2, 0.25) is 0 Å². The number of methoxy groups -OCH3 is 1. The van der Waals surface area contributed by atoms with Gasteiger partial charge in [0.25, 0.3) is 5.91 Å². The fourth-order valence-electron chi connectivity index (χ4n) is 3.85. The minimum atomic E-state index is -0.0861. The summed E-state index contributed by atoms with van der Waals surface area (Å²) in [6.45, 7) is 5.32. The molecule has 162 valence electrons. The molecule has 1 aromatic heterocycles. The van der Waals surface area contributed by atoms with Gasteiger partial charge in [-0.3, -0.25) is 14.4 Å². The first-order valence-electron chi connectivity index (χ1n) is 11.0. The molecule has 1 fully saturated rings. The average Bonchev–Trinajstić information content (AvgIpc) is 3.57. The van der Waals surface area contributed by atoms with Crippen molar-refractivity contribution in [3.8, 4) is 17.0 Å². The molecule has 0 atom stereocenters. The number of amides is 1. The molecule has 1 amide bonds. The van der Waals surface area contributed by atoms with Gasteiger partial charge in [-0.05, 0) is 49.2 Å². The van der Waals surface area contributed by atoms with Crippen molar-refractivity contribution in [2.75, 3.05) is 26.7 Å². The van der Waals surface area contributed by atoms with Gasteiger partial charge >= 0.3 is 0 Å². The van der Waals surface area contributed by atoms with Crippen molar-refractivity contribution >= 4 is 5.91 Å². The molecule has 0 radical (unpaired) electrons. The second-order valence-corrected chi connectivity index (χ2v) is 7.92. The van der Waals surface area contributed by atoms with Crippen LogP contribution in [-0.2, 0) is 6.54 Å². The first kappa shape index (κ1) is 21.1. The number of hydrogen-bond acceptors (Lipinski definition) is 4. The Morgan fingerprint density at radius 3 is 2.55 bits per heavy atom. The third-order valence-electron chi connectivity index (χ3n) is 5.71. The van der Waals surface area contributed by atoms with E-state index >= 15 is 0 Å². The van der Waals surface area contributed by atoms with Gasteiger partial charge in [0.2, 0.25) is 0 Å². The molecule has 1 N–H and O–H groups in total. The van der Waals surface area contributed by atoms with E-state index in [1.807, 2.05) is 53.3 Å². The highest BCUT2D eigenvalue weighted by atomic mass is 16.5. The number of carbonyl (C=O) groups excluding carboxylic acids is 1. The van der Waals surface area contributed by atoms with E-state index in [0.29, 0.717) is 30.4 Å². The third-order valence-corrected chi connectivity index (χ3v) is 5.71. The van der Waals surface area contributed by atoms with Crippen LogP contribution in [0.15, 0.2) is 60.8 Å². The summed E-state index contributed by atoms with van der Waals surface area (Å²) in [5.74, 6) is 0.690. The van der Waals surface area contributed by atoms with E-state index in [2.05, 4.69) is 29.3 Å². The molecule has 3 aromatic rings. The Balaban J connectivity index is 1.53. The van der Waals surface area contributed by atoms with E-state index in [0.717, 1.165) is 30.0 Å². The van der Waals surface area contributed by atoms with Gasteiger partial charge in [0, 0.05) is 30.9 Å². The van der Waals surface area contributed by atoms with Gasteiger partial charge < -0.3 is 10.1 Å². The molecular weight excluding hydrogens is 388 g/mol. The lowest BCUT2D eigenvalue weighted by molar-refractivity contribution is 0.0948. The minimum Gasteiger partial charge on any atom is -0.497 e. The lowest BCUT2D eigenvalue weighted by atomic mass is 10.1. The number of nitrogens with one attached hydrogen (secondary N) is 1. The highest BCUT2D eigenvalue weighted by molar-refractivity contribution is 5.99. The van der Waals surface area contributed by atoms with E-state index < -0.39 is 0 Å². The molecule has 31 heavy (non-hydrogen) atoms. The van der Waals surface area contributed by atoms with Gasteiger partial charge in [0.15, 0.2) is 0 Å². The minimum absolute atomic E-state index is 0.0861. The van der Waals surface area contributed by atoms with Crippen molar-refractivity contribution in [1.29, 1.82) is 0 Å². The van der Waals surface area contributed by atoms with Crippen LogP contribution in [-0.4, -0.2) is 53.4 Å². The Morgan fingerprint density at radius 2 is 1.90 bits per heavy atom. The van der Waals surface area contributed by atoms with Crippen LogP contribution >= 0.6 is 0 Å². The number of benzene rings is 2. The molecule has 1 aliphatic rings. The lowest BCUT2D eigenvalue weighted by Gasteiger charge is -2.19. The van der Waals surface area contributed by atoms with E-state index in [1.165, 1.54) is 12.8 Å². The highest BCUT2D eigenvalue weighted by Gasteiger charge is 2.27. The van der Waals surface area contributed by atoms with Crippen LogP contribution in [0, 0.1) is 0 Å². The molecule has 6 nitrogen and oxygen atoms in total. The fraction of sp³-hybridized carbons (Fsp3) is 0.360. The summed E-state index contributed by atoms with van der Waals surface area (Å²) in [5, 5.41) is 7.85. The Labute approximate surface area is 183 Å². The smallest absolute Gasteiger partial charge is 0.255 e. The van der Waals surface area contributed by atoms with E-state index in [4.69, 9.17) is 9.84 Å². The van der Waals surface area contributed by atoms with Gasteiger partial charge in [-0.25, -0.2) is 0 Å². The zero-order valence-corrected chi connectivity index (χ0v) is 18.3. The molecule has 1 saturated carbocycles. The van der Waals surface area contributed by atoms with Gasteiger partial charge in [-0.1, -0.05) is 37.3 Å². The maximum atomic E-state index is 13.1. The molecule has 0 spiro atoms. The number of ether oxygens (including phenoxy) is 1. The van der Waals surface area contributed by atoms with Crippen LogP contribution in [0.3, 0.4) is 0 Å². The van der Waals surface area contributed by atoms with Gasteiger partial charge in [-0.15, -0.1) is 0 Å². The van der Waals surface area contributed by atoms with Crippen molar-refractivity contribution < 1.29 is 9.53 Å². The predicted octanol–water partition coefficient (Wildman–Crippen LogP) is 3.82. The Kier molecular flexibility index (Phi) is 6.67. The van der Waals surface area contributed by atoms with E-state index in [-0.39, 0.29) is 5.91 Å². The van der Waals surface area contributed by atoms with Crippen molar-refractivity contribution in [2.45, 2.75) is 32.4 Å². The normalized spacial score (nSPS) is 13.4. The summed E-state index contributed by atoms with van der Waals surface area (Å²) < 4.78 is 7.11. The Bertz CT molecular complexity index is 994. The second-order valence-electron chi connectivity index (χ2n) is 7.92. The summed E-state index contributed by atoms with van der Waals surface area (Å²) in [4.78, 5) is 15.5. The summed E-state index contributed by atoms with van der Waals surface area (Å²) in [7, 11) is 1.64. The second kappa shape index (κ2) is 9.79. The largest absolute Gasteiger partial charge is 0.497 e. The predicted molar refractivity (Wildman–Crippen MR) is 122 cm³/mol. The van der Waals surface area contributed by atoms with Gasteiger partial charge in [0.1, 0.15) is 11.4 Å². The summed E-state index contributed by atoms with van der Waals surface area (Å²) in [6, 6.07) is 18.5. The number of rotatable bonds is 10. The Morgan fingerprint density at radius 1 is 1.16 bits per heavy atom. The van der Waals surface area contributed by atoms with Gasteiger partial charge in [0.05, 0.1) is 19.2 Å². The van der Waals surface area contributed by atoms with E-state index in [9.17, 15) is 4.79 Å². The van der Waals surface area contributed by atoms with Crippen molar-refractivity contribution in [1.82, 2.24) is 20.0 Å². The first-order chi connectivity index (χ1) is 15.2. The molecular formula is C25H30N4O2. The summed E-state index contributed by atoms with van der Waals surface area (Å²) in [5.41, 5.74) is 3.31. The van der Waals surface area contributed by atoms with Crippen LogP contribution in [0.1, 0.15) is 35.7 Å². The van der Waals surface area contributed by atoms with Crippen molar-refractivity contribution in [3.63, 3.8) is 0 Å². The van der Waals surface area contributed by atoms with Crippen LogP contribution in [0.5, 0.6) is 5.75 Å². The maximum absolute atomic E-state index is 13.1. The molecule has 1 heterocycles. The first-order valence-corrected chi connectivity index (χ1v) is 11.0. The van der Waals surface area contributed by atoms with E-state index in [1.54, 1.807) is 7.11 Å². The molecule has 2 aromatic carbocycles. The standard InChI is InChI=1S/C25H30N4O2/c1-3-28(21-11-12-21)16-15-26-25(30)23-18-29(17-19-7-5-4-6-8-19)27-24(23)20-9-13-22(31-2)14-10-20/h4-10,13-14,18,21H,3,11-12,15-17H2,1-2H3,(H,26,30). The lowest BCUT2D eigenvalue weighted by Crippen LogP contribution is -2.36. The van der Waals surface area contributed by atoms with Crippen LogP contribution in [0.4, 0.5) is 0 Å². The molecule has 4 rings (SSSR count). The number of carbonyl (C=O) groups is 1. The topological polar surface area (TPSA) is 59.4 Å². The number of aromatic nitrogens is 2. The molecule has 0 bridgehead atoms. The van der Waals surface area contributed by atoms with Gasteiger partial charge in [-0.2, -0.15) is 5.10 Å². The maximum Gasteiger partial charge on any atom is 0.255 e. The summed E-state index contributed by atoms with van der Waals surface area (Å²) in [6.07, 6.45) is 4.39. The molecule has 1 aliphatic carbocycles. The summed E-state index contributed by atoms with van der Waals surface area (Å²) >= 11 is 0. The zero-order valence-electron chi connectivity index (χ0n) is 18.3. The quantitative estimate of drug-likeness (QED) is 0.544. The SMILES string of the molecule is CCN(CCNC(=O)c1cn(Cc2ccccc2)nc1-c1ccc(OC)cc1)C1CC1. The number of hydrogen-bond donors (Lipinski definition) is 1. The highest BCUT2D eigenvalue weighted by Crippen LogP contribution is 2.26. The average molecular weight is 419 g/mol. The third kappa shape index (κ3) is 5.33. The van der Waals surface area contributed by atoms with Crippen molar-refractivity contribution in [3.05, 3.63) is 71.9 Å². The molecule has 0 saturated heterocycles. The molecule has 6 heteroatoms. The van der Waals surface area contributed by atoms with Crippen LogP contribution in [0.25, 0.3) is 11.3 Å². The van der Waals surface area contributed by atoms with Crippen molar-refractivity contribution in [2.24, 2.45) is 0 Å². The molecule has 0 aliphatic heterocycles. The number of nitrogens with zero attached hydrogens (tertiary/aromatic N) is 3. The Hall–Kier alpha value is -3.12. The molecule has 0 unspecified atom stereocenters. The zero-order chi connectivity index (χ0) is 21.6. The van der Waals surface area contributed by atoms with Crippen LogP contribution < -0.4 is 10.1 Å². The number of likely N-dealkylation sites (N-methyl/N-ethyl adjacent to an activating group) is 1. The fourth-order valence-corrected chi connectivity index (χ4v) is 3.85. The monoisotopic (exact) mass is 418 g/mol.